The highest BCUT2D eigenvalue weighted by atomic mass is 35.5. The van der Waals surface area contributed by atoms with Crippen molar-refractivity contribution < 1.29 is 4.79 Å². The molecule has 6 heteroatoms. The Morgan fingerprint density at radius 2 is 2.29 bits per heavy atom. The lowest BCUT2D eigenvalue weighted by atomic mass is 9.95. The molecule has 4 nitrogen and oxygen atoms in total. The third-order valence-corrected chi connectivity index (χ3v) is 5.09. The molecule has 21 heavy (non-hydrogen) atoms. The predicted molar refractivity (Wildman–Crippen MR) is 90.1 cm³/mol. The second kappa shape index (κ2) is 6.73. The van der Waals surface area contributed by atoms with Gasteiger partial charge in [-0.1, -0.05) is 29.9 Å². The fourth-order valence-corrected chi connectivity index (χ4v) is 3.95. The SMILES string of the molecule is Cc1cccc2sc(NC(=O)[C@@H]3CCC[C@@H]3CN)nc12.Cl. The number of hydrogen-bond acceptors (Lipinski definition) is 4. The summed E-state index contributed by atoms with van der Waals surface area (Å²) in [6, 6.07) is 6.09. The van der Waals surface area contributed by atoms with Gasteiger partial charge in [0.15, 0.2) is 5.13 Å². The number of benzene rings is 1. The topological polar surface area (TPSA) is 68.0 Å². The molecule has 1 aromatic heterocycles. The Hall–Kier alpha value is -1.17. The molecule has 2 atom stereocenters. The van der Waals surface area contributed by atoms with Crippen LogP contribution in [0.5, 0.6) is 0 Å². The molecular formula is C15H20ClN3OS. The summed E-state index contributed by atoms with van der Waals surface area (Å²) in [5, 5.41) is 3.67. The smallest absolute Gasteiger partial charge is 0.229 e. The highest BCUT2D eigenvalue weighted by Gasteiger charge is 2.32. The van der Waals surface area contributed by atoms with E-state index in [1.54, 1.807) is 0 Å². The van der Waals surface area contributed by atoms with E-state index in [0.717, 1.165) is 35.0 Å². The van der Waals surface area contributed by atoms with Crippen molar-refractivity contribution in [3.8, 4) is 0 Å². The first kappa shape index (κ1) is 16.2. The Bertz CT molecular complexity index is 643. The molecule has 3 rings (SSSR count). The van der Waals surface area contributed by atoms with Crippen molar-refractivity contribution in [2.24, 2.45) is 17.6 Å². The molecule has 2 aromatic rings. The van der Waals surface area contributed by atoms with Crippen LogP contribution in [0.25, 0.3) is 10.2 Å². The second-order valence-corrected chi connectivity index (χ2v) is 6.49. The number of anilines is 1. The highest BCUT2D eigenvalue weighted by molar-refractivity contribution is 7.22. The lowest BCUT2D eigenvalue weighted by Crippen LogP contribution is -2.29. The fourth-order valence-electron chi connectivity index (χ4n) is 3.00. The van der Waals surface area contributed by atoms with Crippen molar-refractivity contribution in [1.82, 2.24) is 4.98 Å². The number of thiazole rings is 1. The number of aryl methyl sites for hydroxylation is 1. The van der Waals surface area contributed by atoms with Crippen molar-refractivity contribution in [2.75, 3.05) is 11.9 Å². The van der Waals surface area contributed by atoms with Crippen molar-refractivity contribution >= 4 is 45.0 Å². The molecule has 1 aliphatic rings. The van der Waals surface area contributed by atoms with Gasteiger partial charge in [-0.2, -0.15) is 0 Å². The quantitative estimate of drug-likeness (QED) is 0.909. The van der Waals surface area contributed by atoms with E-state index >= 15 is 0 Å². The van der Waals surface area contributed by atoms with Gasteiger partial charge in [0.25, 0.3) is 0 Å². The molecule has 0 radical (unpaired) electrons. The van der Waals surface area contributed by atoms with Crippen LogP contribution >= 0.6 is 23.7 Å². The van der Waals surface area contributed by atoms with Crippen LogP contribution in [0.4, 0.5) is 5.13 Å². The summed E-state index contributed by atoms with van der Waals surface area (Å²) in [4.78, 5) is 16.9. The normalized spacial score (nSPS) is 21.2. The van der Waals surface area contributed by atoms with E-state index in [1.165, 1.54) is 11.3 Å². The number of nitrogens with zero attached hydrogens (tertiary/aromatic N) is 1. The van der Waals surface area contributed by atoms with Crippen LogP contribution in [0, 0.1) is 18.8 Å². The van der Waals surface area contributed by atoms with E-state index in [9.17, 15) is 4.79 Å². The predicted octanol–water partition coefficient (Wildman–Crippen LogP) is 3.34. The van der Waals surface area contributed by atoms with Crippen LogP contribution in [-0.2, 0) is 4.79 Å². The third kappa shape index (κ3) is 3.20. The van der Waals surface area contributed by atoms with Gasteiger partial charge in [0.1, 0.15) is 0 Å². The zero-order valence-corrected chi connectivity index (χ0v) is 13.6. The van der Waals surface area contributed by atoms with Gasteiger partial charge in [-0.3, -0.25) is 4.79 Å². The molecule has 114 valence electrons. The summed E-state index contributed by atoms with van der Waals surface area (Å²) in [5.74, 6) is 0.453. The van der Waals surface area contributed by atoms with Gasteiger partial charge in [0.2, 0.25) is 5.91 Å². The fraction of sp³-hybridized carbons (Fsp3) is 0.467. The molecule has 3 N–H and O–H groups in total. The summed E-state index contributed by atoms with van der Waals surface area (Å²) in [6.45, 7) is 2.63. The van der Waals surface area contributed by atoms with E-state index < -0.39 is 0 Å². The van der Waals surface area contributed by atoms with Gasteiger partial charge in [-0.05, 0) is 43.9 Å². The standard InChI is InChI=1S/C15H19N3OS.ClH/c1-9-4-2-7-12-13(9)17-15(20-12)18-14(19)11-6-3-5-10(11)8-16;/h2,4,7,10-11H,3,5-6,8,16H2,1H3,(H,17,18,19);1H/t10-,11-;/m1./s1. The maximum absolute atomic E-state index is 12.3. The average molecular weight is 326 g/mol. The van der Waals surface area contributed by atoms with Crippen molar-refractivity contribution in [3.63, 3.8) is 0 Å². The van der Waals surface area contributed by atoms with Crippen LogP contribution in [0.1, 0.15) is 24.8 Å². The molecule has 1 heterocycles. The number of fused-ring (bicyclic) bond motifs is 1. The Balaban J connectivity index is 0.00000161. The molecule has 0 unspecified atom stereocenters. The molecule has 1 fully saturated rings. The van der Waals surface area contributed by atoms with E-state index in [0.29, 0.717) is 17.6 Å². The van der Waals surface area contributed by atoms with Gasteiger partial charge in [0.05, 0.1) is 10.2 Å². The van der Waals surface area contributed by atoms with Crippen LogP contribution in [0.3, 0.4) is 0 Å². The maximum Gasteiger partial charge on any atom is 0.229 e. The zero-order chi connectivity index (χ0) is 14.1. The van der Waals surface area contributed by atoms with E-state index in [-0.39, 0.29) is 24.2 Å². The van der Waals surface area contributed by atoms with Gasteiger partial charge in [-0.15, -0.1) is 12.4 Å². The van der Waals surface area contributed by atoms with Crippen molar-refractivity contribution in [1.29, 1.82) is 0 Å². The number of hydrogen-bond donors (Lipinski definition) is 2. The average Bonchev–Trinajstić information content (AvgIpc) is 3.04. The van der Waals surface area contributed by atoms with Crippen molar-refractivity contribution in [3.05, 3.63) is 23.8 Å². The number of rotatable bonds is 3. The molecule has 0 saturated heterocycles. The summed E-state index contributed by atoms with van der Waals surface area (Å²) < 4.78 is 1.11. The number of halogens is 1. The minimum absolute atomic E-state index is 0. The molecule has 0 spiro atoms. The molecule has 1 aliphatic carbocycles. The number of aromatic nitrogens is 1. The largest absolute Gasteiger partial charge is 0.330 e. The maximum atomic E-state index is 12.3. The number of nitrogens with two attached hydrogens (primary N) is 1. The Labute approximate surface area is 134 Å². The van der Waals surface area contributed by atoms with E-state index in [2.05, 4.69) is 10.3 Å². The van der Waals surface area contributed by atoms with Crippen LogP contribution in [0.15, 0.2) is 18.2 Å². The first-order valence-corrected chi connectivity index (χ1v) is 7.88. The number of carbonyl (C=O) groups is 1. The lowest BCUT2D eigenvalue weighted by Gasteiger charge is -2.16. The number of amides is 1. The van der Waals surface area contributed by atoms with Crippen LogP contribution in [-0.4, -0.2) is 17.4 Å². The first-order valence-electron chi connectivity index (χ1n) is 7.06. The summed E-state index contributed by atoms with van der Waals surface area (Å²) >= 11 is 1.53. The van der Waals surface area contributed by atoms with Crippen LogP contribution in [0.2, 0.25) is 0 Å². The lowest BCUT2D eigenvalue weighted by molar-refractivity contribution is -0.120. The summed E-state index contributed by atoms with van der Waals surface area (Å²) in [6.07, 6.45) is 3.10. The Morgan fingerprint density at radius 1 is 1.48 bits per heavy atom. The van der Waals surface area contributed by atoms with Crippen LogP contribution < -0.4 is 11.1 Å². The van der Waals surface area contributed by atoms with E-state index in [4.69, 9.17) is 5.73 Å². The summed E-state index contributed by atoms with van der Waals surface area (Å²) in [7, 11) is 0. The monoisotopic (exact) mass is 325 g/mol. The minimum atomic E-state index is 0. The van der Waals surface area contributed by atoms with Gasteiger partial charge in [-0.25, -0.2) is 4.98 Å². The van der Waals surface area contributed by atoms with Gasteiger partial charge >= 0.3 is 0 Å². The Kier molecular flexibility index (Phi) is 5.19. The minimum Gasteiger partial charge on any atom is -0.330 e. The third-order valence-electron chi connectivity index (χ3n) is 4.15. The summed E-state index contributed by atoms with van der Waals surface area (Å²) in [5.41, 5.74) is 7.86. The zero-order valence-electron chi connectivity index (χ0n) is 12.0. The molecule has 1 saturated carbocycles. The molecular weight excluding hydrogens is 306 g/mol. The Morgan fingerprint density at radius 3 is 3.00 bits per heavy atom. The van der Waals surface area contributed by atoms with Gasteiger partial charge in [0, 0.05) is 5.92 Å². The molecule has 1 amide bonds. The first-order chi connectivity index (χ1) is 9.69. The molecule has 0 aliphatic heterocycles. The second-order valence-electron chi connectivity index (χ2n) is 5.46. The number of para-hydroxylation sites is 1. The van der Waals surface area contributed by atoms with E-state index in [1.807, 2.05) is 25.1 Å². The number of carbonyl (C=O) groups excluding carboxylic acids is 1. The van der Waals surface area contributed by atoms with Crippen molar-refractivity contribution in [2.45, 2.75) is 26.2 Å². The molecule has 0 bridgehead atoms. The van der Waals surface area contributed by atoms with Gasteiger partial charge < -0.3 is 11.1 Å². The number of nitrogens with one attached hydrogen (secondary N) is 1. The highest BCUT2D eigenvalue weighted by Crippen LogP contribution is 2.33. The molecule has 1 aromatic carbocycles.